The minimum atomic E-state index is 0. The Morgan fingerprint density at radius 1 is 1.24 bits per heavy atom. The second-order valence-corrected chi connectivity index (χ2v) is 4.99. The van der Waals surface area contributed by atoms with Crippen LogP contribution in [-0.4, -0.2) is 29.0 Å². The van der Waals surface area contributed by atoms with Crippen molar-refractivity contribution < 1.29 is 4.42 Å². The zero-order valence-corrected chi connectivity index (χ0v) is 13.4. The highest BCUT2D eigenvalue weighted by atomic mass is 35.5. The Labute approximate surface area is 137 Å². The van der Waals surface area contributed by atoms with Gasteiger partial charge in [-0.2, -0.15) is 0 Å². The van der Waals surface area contributed by atoms with E-state index in [1.165, 1.54) is 12.8 Å². The Kier molecular flexibility index (Phi) is 7.18. The minimum Gasteiger partial charge on any atom is -0.439 e. The molecular weight excluding hydrogens is 309 g/mol. The fourth-order valence-corrected chi connectivity index (χ4v) is 2.66. The first-order valence-electron chi connectivity index (χ1n) is 6.81. The van der Waals surface area contributed by atoms with Gasteiger partial charge in [-0.15, -0.1) is 24.8 Å². The first-order chi connectivity index (χ1) is 9.36. The first kappa shape index (κ1) is 18.0. The maximum absolute atomic E-state index is 5.83. The van der Waals surface area contributed by atoms with Gasteiger partial charge >= 0.3 is 0 Å². The maximum atomic E-state index is 5.83. The number of benzene rings is 1. The van der Waals surface area contributed by atoms with Crippen molar-refractivity contribution in [3.8, 4) is 11.3 Å². The third-order valence-electron chi connectivity index (χ3n) is 3.72. The van der Waals surface area contributed by atoms with Gasteiger partial charge in [-0.1, -0.05) is 30.3 Å². The molecule has 2 aromatic rings. The number of nitrogens with two attached hydrogens (primary N) is 1. The third kappa shape index (κ3) is 4.20. The van der Waals surface area contributed by atoms with E-state index in [9.17, 15) is 0 Å². The zero-order valence-electron chi connectivity index (χ0n) is 11.8. The fourth-order valence-electron chi connectivity index (χ4n) is 2.66. The van der Waals surface area contributed by atoms with Crippen LogP contribution in [0.3, 0.4) is 0 Å². The average Bonchev–Trinajstić information content (AvgIpc) is 3.09. The van der Waals surface area contributed by atoms with Crippen LogP contribution >= 0.6 is 24.8 Å². The Morgan fingerprint density at radius 3 is 2.71 bits per heavy atom. The molecular formula is C15H21Cl2N3O. The van der Waals surface area contributed by atoms with E-state index in [2.05, 4.69) is 9.88 Å². The molecule has 1 fully saturated rings. The van der Waals surface area contributed by atoms with Crippen LogP contribution < -0.4 is 5.73 Å². The van der Waals surface area contributed by atoms with E-state index < -0.39 is 0 Å². The predicted molar refractivity (Wildman–Crippen MR) is 88.9 cm³/mol. The number of halogens is 2. The summed E-state index contributed by atoms with van der Waals surface area (Å²) >= 11 is 0. The summed E-state index contributed by atoms with van der Waals surface area (Å²) in [6, 6.07) is 10.5. The topological polar surface area (TPSA) is 55.3 Å². The molecule has 1 aliphatic rings. The van der Waals surface area contributed by atoms with E-state index in [-0.39, 0.29) is 24.8 Å². The van der Waals surface area contributed by atoms with Crippen molar-refractivity contribution in [1.29, 1.82) is 0 Å². The molecule has 2 heterocycles. The summed E-state index contributed by atoms with van der Waals surface area (Å²) in [5.41, 5.74) is 6.85. The molecule has 21 heavy (non-hydrogen) atoms. The van der Waals surface area contributed by atoms with Crippen LogP contribution in [0.2, 0.25) is 0 Å². The number of nitrogens with zero attached hydrogens (tertiary/aromatic N) is 2. The maximum Gasteiger partial charge on any atom is 0.209 e. The molecule has 0 radical (unpaired) electrons. The number of hydrogen-bond acceptors (Lipinski definition) is 4. The van der Waals surface area contributed by atoms with Crippen molar-refractivity contribution in [2.45, 2.75) is 25.4 Å². The third-order valence-corrected chi connectivity index (χ3v) is 3.72. The van der Waals surface area contributed by atoms with Gasteiger partial charge in [-0.3, -0.25) is 4.90 Å². The molecule has 3 rings (SSSR count). The van der Waals surface area contributed by atoms with E-state index in [4.69, 9.17) is 10.2 Å². The molecule has 1 unspecified atom stereocenters. The summed E-state index contributed by atoms with van der Waals surface area (Å²) in [5, 5.41) is 0. The van der Waals surface area contributed by atoms with Crippen molar-refractivity contribution in [2.24, 2.45) is 5.73 Å². The molecule has 4 nitrogen and oxygen atoms in total. The Balaban J connectivity index is 0.00000110. The molecule has 0 aliphatic carbocycles. The standard InChI is InChI=1S/C15H19N3O.2ClH/c16-9-13-7-4-8-18(13)11-15-17-10-14(19-15)12-5-2-1-3-6-12;;/h1-3,5-6,10,13H,4,7-9,11,16H2;2*1H. The van der Waals surface area contributed by atoms with Crippen LogP contribution in [0.1, 0.15) is 18.7 Å². The highest BCUT2D eigenvalue weighted by molar-refractivity contribution is 5.85. The monoisotopic (exact) mass is 329 g/mol. The number of aromatic nitrogens is 1. The molecule has 1 aromatic carbocycles. The van der Waals surface area contributed by atoms with Gasteiger partial charge in [-0.25, -0.2) is 4.98 Å². The Hall–Kier alpha value is -1.07. The quantitative estimate of drug-likeness (QED) is 0.936. The van der Waals surface area contributed by atoms with Crippen LogP contribution in [0, 0.1) is 0 Å². The number of likely N-dealkylation sites (tertiary alicyclic amines) is 1. The molecule has 1 aliphatic heterocycles. The van der Waals surface area contributed by atoms with Crippen molar-refractivity contribution in [1.82, 2.24) is 9.88 Å². The van der Waals surface area contributed by atoms with Gasteiger partial charge < -0.3 is 10.2 Å². The Morgan fingerprint density at radius 2 is 2.00 bits per heavy atom. The van der Waals surface area contributed by atoms with Gasteiger partial charge in [0.1, 0.15) is 0 Å². The Bertz CT molecular complexity index is 533. The largest absolute Gasteiger partial charge is 0.439 e. The molecule has 2 N–H and O–H groups in total. The lowest BCUT2D eigenvalue weighted by Gasteiger charge is -2.20. The van der Waals surface area contributed by atoms with E-state index >= 15 is 0 Å². The zero-order chi connectivity index (χ0) is 13.1. The molecule has 116 valence electrons. The molecule has 0 saturated carbocycles. The molecule has 6 heteroatoms. The molecule has 0 amide bonds. The van der Waals surface area contributed by atoms with Crippen LogP contribution in [0.4, 0.5) is 0 Å². The van der Waals surface area contributed by atoms with Crippen molar-refractivity contribution >= 4 is 24.8 Å². The summed E-state index contributed by atoms with van der Waals surface area (Å²) in [6.45, 7) is 2.56. The van der Waals surface area contributed by atoms with E-state index in [1.54, 1.807) is 6.20 Å². The van der Waals surface area contributed by atoms with Gasteiger partial charge in [0, 0.05) is 18.2 Å². The van der Waals surface area contributed by atoms with Gasteiger partial charge in [0.25, 0.3) is 0 Å². The van der Waals surface area contributed by atoms with Crippen LogP contribution in [0.5, 0.6) is 0 Å². The average molecular weight is 330 g/mol. The number of oxazole rings is 1. The summed E-state index contributed by atoms with van der Waals surface area (Å²) in [6.07, 6.45) is 4.20. The first-order valence-corrected chi connectivity index (χ1v) is 6.81. The van der Waals surface area contributed by atoms with Crippen LogP contribution in [0.25, 0.3) is 11.3 Å². The van der Waals surface area contributed by atoms with Crippen molar-refractivity contribution in [2.75, 3.05) is 13.1 Å². The number of rotatable bonds is 4. The lowest BCUT2D eigenvalue weighted by molar-refractivity contribution is 0.226. The van der Waals surface area contributed by atoms with Crippen LogP contribution in [-0.2, 0) is 6.54 Å². The predicted octanol–water partition coefficient (Wildman–Crippen LogP) is 3.11. The lowest BCUT2D eigenvalue weighted by atomic mass is 10.2. The summed E-state index contributed by atoms with van der Waals surface area (Å²) in [4.78, 5) is 6.74. The molecule has 0 bridgehead atoms. The molecule has 1 aromatic heterocycles. The minimum absolute atomic E-state index is 0. The van der Waals surface area contributed by atoms with Gasteiger partial charge in [0.2, 0.25) is 5.89 Å². The number of hydrogen-bond donors (Lipinski definition) is 1. The highest BCUT2D eigenvalue weighted by Crippen LogP contribution is 2.23. The fraction of sp³-hybridized carbons (Fsp3) is 0.400. The van der Waals surface area contributed by atoms with E-state index in [1.807, 2.05) is 30.3 Å². The van der Waals surface area contributed by atoms with E-state index in [0.717, 1.165) is 30.3 Å². The smallest absolute Gasteiger partial charge is 0.209 e. The molecule has 1 atom stereocenters. The van der Waals surface area contributed by atoms with Gasteiger partial charge in [0.05, 0.1) is 12.7 Å². The summed E-state index contributed by atoms with van der Waals surface area (Å²) in [5.74, 6) is 1.61. The van der Waals surface area contributed by atoms with Crippen molar-refractivity contribution in [3.63, 3.8) is 0 Å². The SMILES string of the molecule is Cl.Cl.NCC1CCCN1Cc1ncc(-c2ccccc2)o1. The normalized spacial score (nSPS) is 18.0. The summed E-state index contributed by atoms with van der Waals surface area (Å²) in [7, 11) is 0. The molecule has 1 saturated heterocycles. The van der Waals surface area contributed by atoms with Crippen molar-refractivity contribution in [3.05, 3.63) is 42.4 Å². The lowest BCUT2D eigenvalue weighted by Crippen LogP contribution is -2.34. The summed E-state index contributed by atoms with van der Waals surface area (Å²) < 4.78 is 5.83. The van der Waals surface area contributed by atoms with Gasteiger partial charge in [-0.05, 0) is 19.4 Å². The second kappa shape index (κ2) is 8.39. The second-order valence-electron chi connectivity index (χ2n) is 4.99. The van der Waals surface area contributed by atoms with Gasteiger partial charge in [0.15, 0.2) is 5.76 Å². The molecule has 0 spiro atoms. The highest BCUT2D eigenvalue weighted by Gasteiger charge is 2.24. The van der Waals surface area contributed by atoms with E-state index in [0.29, 0.717) is 12.6 Å². The van der Waals surface area contributed by atoms with Crippen LogP contribution in [0.15, 0.2) is 40.9 Å².